The third-order valence-corrected chi connectivity index (χ3v) is 5.72. The summed E-state index contributed by atoms with van der Waals surface area (Å²) in [5.41, 5.74) is 0.00280. The van der Waals surface area contributed by atoms with Crippen molar-refractivity contribution in [3.63, 3.8) is 0 Å². The van der Waals surface area contributed by atoms with Crippen molar-refractivity contribution in [3.8, 4) is 5.75 Å². The van der Waals surface area contributed by atoms with Crippen molar-refractivity contribution in [3.05, 3.63) is 101 Å². The number of nitrogens with zero attached hydrogens (tertiary/aromatic N) is 1. The Morgan fingerprint density at radius 1 is 0.892 bits per heavy atom. The Hall–Kier alpha value is -3.73. The zero-order valence-electron chi connectivity index (χ0n) is 19.2. The van der Waals surface area contributed by atoms with E-state index in [0.717, 1.165) is 23.8 Å². The number of carbonyl (C=O) groups excluding carboxylic acids is 1. The second kappa shape index (κ2) is 10.7. The van der Waals surface area contributed by atoms with Gasteiger partial charge in [-0.25, -0.2) is 4.79 Å². The van der Waals surface area contributed by atoms with E-state index in [1.54, 1.807) is 0 Å². The van der Waals surface area contributed by atoms with Crippen molar-refractivity contribution in [2.75, 3.05) is 13.1 Å². The van der Waals surface area contributed by atoms with Crippen LogP contribution in [-0.4, -0.2) is 36.5 Å². The highest BCUT2D eigenvalue weighted by Crippen LogP contribution is 2.39. The Balaban J connectivity index is 1.48. The van der Waals surface area contributed by atoms with Crippen LogP contribution in [0.1, 0.15) is 28.4 Å². The maximum atomic E-state index is 13.7. The number of ether oxygens (including phenoxy) is 2. The molecule has 1 aliphatic rings. The Morgan fingerprint density at radius 3 is 2.14 bits per heavy atom. The molecule has 0 radical (unpaired) electrons. The van der Waals surface area contributed by atoms with Crippen LogP contribution >= 0.6 is 0 Å². The maximum Gasteiger partial charge on any atom is 0.573 e. The first-order chi connectivity index (χ1) is 17.5. The fourth-order valence-electron chi connectivity index (χ4n) is 3.93. The molecule has 2 amide bonds. The summed E-state index contributed by atoms with van der Waals surface area (Å²) in [7, 11) is 0. The van der Waals surface area contributed by atoms with Crippen molar-refractivity contribution in [1.82, 2.24) is 10.2 Å². The SMILES string of the molecule is O=C(NCc1ccccc1)N1CC(OC(c2ccc(OC(F)(F)F)cc2)c2ccccc2C(F)(F)F)C1. The number of hydrogen-bond donors (Lipinski definition) is 1. The van der Waals surface area contributed by atoms with E-state index < -0.39 is 36.1 Å². The van der Waals surface area contributed by atoms with Crippen LogP contribution in [0.4, 0.5) is 31.1 Å². The minimum atomic E-state index is -4.91. The van der Waals surface area contributed by atoms with Crippen LogP contribution in [0.5, 0.6) is 5.75 Å². The molecule has 1 fully saturated rings. The Morgan fingerprint density at radius 2 is 1.51 bits per heavy atom. The molecule has 0 saturated carbocycles. The summed E-state index contributed by atoms with van der Waals surface area (Å²) in [6.07, 6.45) is -11.4. The van der Waals surface area contributed by atoms with Gasteiger partial charge in [0.1, 0.15) is 11.9 Å². The molecule has 1 heterocycles. The van der Waals surface area contributed by atoms with Crippen LogP contribution in [0.2, 0.25) is 0 Å². The van der Waals surface area contributed by atoms with Crippen molar-refractivity contribution in [2.24, 2.45) is 0 Å². The van der Waals surface area contributed by atoms with E-state index in [9.17, 15) is 31.1 Å². The molecule has 3 aromatic carbocycles. The van der Waals surface area contributed by atoms with Crippen LogP contribution in [0.3, 0.4) is 0 Å². The van der Waals surface area contributed by atoms with Gasteiger partial charge in [0.05, 0.1) is 24.8 Å². The van der Waals surface area contributed by atoms with E-state index in [0.29, 0.717) is 6.54 Å². The van der Waals surface area contributed by atoms with Gasteiger partial charge >= 0.3 is 18.6 Å². The second-order valence-corrected chi connectivity index (χ2v) is 8.39. The van der Waals surface area contributed by atoms with Crippen LogP contribution in [0.25, 0.3) is 0 Å². The Kier molecular flexibility index (Phi) is 7.63. The number of nitrogens with one attached hydrogen (secondary N) is 1. The molecule has 11 heteroatoms. The lowest BCUT2D eigenvalue weighted by molar-refractivity contribution is -0.274. The largest absolute Gasteiger partial charge is 0.573 e. The van der Waals surface area contributed by atoms with Gasteiger partial charge in [0, 0.05) is 6.54 Å². The van der Waals surface area contributed by atoms with Gasteiger partial charge in [-0.15, -0.1) is 13.2 Å². The summed E-state index contributed by atoms with van der Waals surface area (Å²) in [5, 5.41) is 2.77. The lowest BCUT2D eigenvalue weighted by Crippen LogP contribution is -2.57. The average molecular weight is 524 g/mol. The molecule has 1 atom stereocenters. The molecule has 4 rings (SSSR count). The van der Waals surface area contributed by atoms with E-state index in [1.165, 1.54) is 35.2 Å². The van der Waals surface area contributed by atoms with Gasteiger partial charge in [-0.1, -0.05) is 60.7 Å². The number of amides is 2. The number of benzene rings is 3. The molecule has 1 aliphatic heterocycles. The van der Waals surface area contributed by atoms with Crippen molar-refractivity contribution in [1.29, 1.82) is 0 Å². The summed E-state index contributed by atoms with van der Waals surface area (Å²) in [5.74, 6) is -0.510. The quantitative estimate of drug-likeness (QED) is 0.369. The normalized spacial score (nSPS) is 15.1. The number of rotatable bonds is 7. The van der Waals surface area contributed by atoms with Crippen LogP contribution in [0.15, 0.2) is 78.9 Å². The first kappa shape index (κ1) is 26.3. The molecule has 5 nitrogen and oxygen atoms in total. The minimum absolute atomic E-state index is 0.139. The fraction of sp³-hybridized carbons (Fsp3) is 0.269. The molecule has 196 valence electrons. The summed E-state index contributed by atoms with van der Waals surface area (Å²) in [4.78, 5) is 13.9. The van der Waals surface area contributed by atoms with E-state index in [1.807, 2.05) is 30.3 Å². The molecule has 1 N–H and O–H groups in total. The molecule has 1 saturated heterocycles. The van der Waals surface area contributed by atoms with Crippen molar-refractivity contribution < 1.29 is 40.6 Å². The predicted octanol–water partition coefficient (Wildman–Crippen LogP) is 6.30. The zero-order valence-corrected chi connectivity index (χ0v) is 19.2. The molecule has 37 heavy (non-hydrogen) atoms. The molecular formula is C26H22F6N2O3. The fourth-order valence-corrected chi connectivity index (χ4v) is 3.93. The number of likely N-dealkylation sites (tertiary alicyclic amines) is 1. The third-order valence-electron chi connectivity index (χ3n) is 5.72. The van der Waals surface area contributed by atoms with Gasteiger partial charge in [0.25, 0.3) is 0 Å². The van der Waals surface area contributed by atoms with Gasteiger partial charge < -0.3 is 19.7 Å². The first-order valence-electron chi connectivity index (χ1n) is 11.2. The number of carbonyl (C=O) groups is 1. The standard InChI is InChI=1S/C26H22F6N2O3/c27-25(28,29)22-9-5-4-8-21(22)23(18-10-12-19(13-11-18)37-26(30,31)32)36-20-15-34(16-20)24(35)33-14-17-6-2-1-3-7-17/h1-13,20,23H,14-16H2,(H,33,35). The minimum Gasteiger partial charge on any atom is -0.406 e. The average Bonchev–Trinajstić information content (AvgIpc) is 2.82. The zero-order chi connectivity index (χ0) is 26.6. The Labute approximate surface area is 208 Å². The lowest BCUT2D eigenvalue weighted by Gasteiger charge is -2.41. The summed E-state index contributed by atoms with van der Waals surface area (Å²) >= 11 is 0. The van der Waals surface area contributed by atoms with Crippen molar-refractivity contribution in [2.45, 2.75) is 31.3 Å². The smallest absolute Gasteiger partial charge is 0.406 e. The summed E-state index contributed by atoms with van der Waals surface area (Å²) < 4.78 is 88.6. The summed E-state index contributed by atoms with van der Waals surface area (Å²) in [6.45, 7) is 0.594. The predicted molar refractivity (Wildman–Crippen MR) is 122 cm³/mol. The number of urea groups is 1. The van der Waals surface area contributed by atoms with Gasteiger partial charge in [0.2, 0.25) is 0 Å². The monoisotopic (exact) mass is 524 g/mol. The van der Waals surface area contributed by atoms with Gasteiger partial charge in [0.15, 0.2) is 0 Å². The van der Waals surface area contributed by atoms with Gasteiger partial charge in [-0.05, 0) is 34.9 Å². The topological polar surface area (TPSA) is 50.8 Å². The lowest BCUT2D eigenvalue weighted by atomic mass is 9.95. The van der Waals surface area contributed by atoms with E-state index in [2.05, 4.69) is 10.1 Å². The molecule has 0 spiro atoms. The third kappa shape index (κ3) is 6.94. The molecule has 0 bridgehead atoms. The molecule has 0 aliphatic carbocycles. The van der Waals surface area contributed by atoms with Crippen LogP contribution < -0.4 is 10.1 Å². The highest BCUT2D eigenvalue weighted by atomic mass is 19.4. The highest BCUT2D eigenvalue weighted by Gasteiger charge is 2.39. The summed E-state index contributed by atoms with van der Waals surface area (Å²) in [6, 6.07) is 18.2. The van der Waals surface area contributed by atoms with Gasteiger partial charge in [-0.3, -0.25) is 0 Å². The van der Waals surface area contributed by atoms with Crippen molar-refractivity contribution >= 4 is 6.03 Å². The van der Waals surface area contributed by atoms with Crippen LogP contribution in [-0.2, 0) is 17.5 Å². The molecular weight excluding hydrogens is 502 g/mol. The number of alkyl halides is 6. The maximum absolute atomic E-state index is 13.7. The molecule has 3 aromatic rings. The highest BCUT2D eigenvalue weighted by molar-refractivity contribution is 5.75. The van der Waals surface area contributed by atoms with E-state index >= 15 is 0 Å². The van der Waals surface area contributed by atoms with Crippen LogP contribution in [0, 0.1) is 0 Å². The second-order valence-electron chi connectivity index (χ2n) is 8.39. The first-order valence-corrected chi connectivity index (χ1v) is 11.2. The molecule has 1 unspecified atom stereocenters. The number of hydrogen-bond acceptors (Lipinski definition) is 3. The molecule has 0 aromatic heterocycles. The van der Waals surface area contributed by atoms with E-state index in [-0.39, 0.29) is 30.2 Å². The Bertz CT molecular complexity index is 1190. The van der Waals surface area contributed by atoms with Gasteiger partial charge in [-0.2, -0.15) is 13.2 Å². The van der Waals surface area contributed by atoms with E-state index in [4.69, 9.17) is 4.74 Å². The number of halogens is 6.